The minimum atomic E-state index is 0. The average molecular weight is 399 g/mol. The molecule has 8 heteroatoms. The molecule has 7 nitrogen and oxygen atoms in total. The molecule has 0 aromatic carbocycles. The van der Waals surface area contributed by atoms with E-state index in [0.717, 1.165) is 36.6 Å². The molecule has 1 atom stereocenters. The van der Waals surface area contributed by atoms with Crippen LogP contribution in [0.5, 0.6) is 5.75 Å². The van der Waals surface area contributed by atoms with Crippen molar-refractivity contribution < 1.29 is 4.74 Å². The summed E-state index contributed by atoms with van der Waals surface area (Å²) in [5.74, 6) is 0.932. The number of ether oxygens (including phenoxy) is 1. The molecule has 1 spiro atoms. The molecule has 0 bridgehead atoms. The van der Waals surface area contributed by atoms with Crippen LogP contribution < -0.4 is 15.8 Å². The third-order valence-corrected chi connectivity index (χ3v) is 5.65. The van der Waals surface area contributed by atoms with Crippen molar-refractivity contribution in [2.45, 2.75) is 31.4 Å². The van der Waals surface area contributed by atoms with Crippen molar-refractivity contribution in [3.8, 4) is 17.0 Å². The molecule has 3 N–H and O–H groups in total. The Kier molecular flexibility index (Phi) is 4.95. The van der Waals surface area contributed by atoms with E-state index in [1.807, 2.05) is 24.3 Å². The van der Waals surface area contributed by atoms with Gasteiger partial charge in [0.15, 0.2) is 11.6 Å². The number of nitrogens with two attached hydrogens (primary N) is 1. The second-order valence-electron chi connectivity index (χ2n) is 7.31. The van der Waals surface area contributed by atoms with Gasteiger partial charge in [0.05, 0.1) is 11.4 Å². The van der Waals surface area contributed by atoms with E-state index in [0.29, 0.717) is 18.2 Å². The molecule has 3 aromatic heterocycles. The maximum atomic E-state index is 6.01. The zero-order valence-electron chi connectivity index (χ0n) is 15.5. The van der Waals surface area contributed by atoms with Crippen LogP contribution in [0.25, 0.3) is 11.3 Å². The summed E-state index contributed by atoms with van der Waals surface area (Å²) in [6.45, 7) is 3.44. The molecule has 1 fully saturated rings. The van der Waals surface area contributed by atoms with E-state index in [1.165, 1.54) is 18.5 Å². The summed E-state index contributed by atoms with van der Waals surface area (Å²) in [5.41, 5.74) is 10.3. The number of nitrogens with one attached hydrogen (secondary N) is 1. The summed E-state index contributed by atoms with van der Waals surface area (Å²) < 4.78 is 8.01. The molecule has 0 radical (unpaired) electrons. The van der Waals surface area contributed by atoms with Crippen molar-refractivity contribution in [1.82, 2.24) is 25.1 Å². The third-order valence-electron chi connectivity index (χ3n) is 5.65. The van der Waals surface area contributed by atoms with E-state index >= 15 is 0 Å². The lowest BCUT2D eigenvalue weighted by Crippen LogP contribution is -2.25. The van der Waals surface area contributed by atoms with Crippen LogP contribution in [0.4, 0.5) is 5.82 Å². The summed E-state index contributed by atoms with van der Waals surface area (Å²) in [7, 11) is 0. The van der Waals surface area contributed by atoms with Gasteiger partial charge in [-0.2, -0.15) is 5.10 Å². The molecule has 3 aromatic rings. The van der Waals surface area contributed by atoms with E-state index < -0.39 is 0 Å². The van der Waals surface area contributed by atoms with Gasteiger partial charge in [-0.25, -0.2) is 4.98 Å². The molecule has 5 heterocycles. The van der Waals surface area contributed by atoms with Crippen LogP contribution in [0.2, 0.25) is 0 Å². The SMILES string of the molecule is Cl.Nc1ncc(-c2cc3n(n2)CCC32CCNC2)cc1OCc1ccccn1. The van der Waals surface area contributed by atoms with Crippen molar-refractivity contribution in [2.24, 2.45) is 0 Å². The molecule has 1 saturated heterocycles. The maximum absolute atomic E-state index is 6.01. The number of hydrogen-bond acceptors (Lipinski definition) is 6. The fourth-order valence-electron chi connectivity index (χ4n) is 4.12. The van der Waals surface area contributed by atoms with Gasteiger partial charge in [-0.3, -0.25) is 9.67 Å². The molecule has 0 amide bonds. The number of nitrogens with zero attached hydrogens (tertiary/aromatic N) is 4. The predicted molar refractivity (Wildman–Crippen MR) is 109 cm³/mol. The number of halogens is 1. The lowest BCUT2D eigenvalue weighted by molar-refractivity contribution is 0.302. The Balaban J connectivity index is 0.00000192. The van der Waals surface area contributed by atoms with E-state index in [4.69, 9.17) is 15.6 Å². The highest BCUT2D eigenvalue weighted by Crippen LogP contribution is 2.41. The first-order chi connectivity index (χ1) is 13.2. The first-order valence-electron chi connectivity index (χ1n) is 9.31. The van der Waals surface area contributed by atoms with Gasteiger partial charge in [-0.05, 0) is 43.7 Å². The minimum absolute atomic E-state index is 0. The van der Waals surface area contributed by atoms with Crippen molar-refractivity contribution in [3.05, 3.63) is 54.1 Å². The number of pyridine rings is 2. The van der Waals surface area contributed by atoms with Gasteiger partial charge in [0.2, 0.25) is 0 Å². The average Bonchev–Trinajstić information content (AvgIpc) is 3.41. The first kappa shape index (κ1) is 18.7. The van der Waals surface area contributed by atoms with Crippen LogP contribution in [-0.4, -0.2) is 32.8 Å². The summed E-state index contributed by atoms with van der Waals surface area (Å²) in [6.07, 6.45) is 5.86. The van der Waals surface area contributed by atoms with Gasteiger partial charge >= 0.3 is 0 Å². The number of nitrogen functional groups attached to an aromatic ring is 1. The maximum Gasteiger partial charge on any atom is 0.166 e. The van der Waals surface area contributed by atoms with Crippen molar-refractivity contribution >= 4 is 18.2 Å². The van der Waals surface area contributed by atoms with Gasteiger partial charge in [-0.1, -0.05) is 6.07 Å². The zero-order chi connectivity index (χ0) is 18.3. The van der Waals surface area contributed by atoms with Crippen LogP contribution in [0.1, 0.15) is 24.2 Å². The Labute approximate surface area is 169 Å². The number of rotatable bonds is 4. The largest absolute Gasteiger partial charge is 0.483 e. The van der Waals surface area contributed by atoms with Crippen molar-refractivity contribution in [3.63, 3.8) is 0 Å². The lowest BCUT2D eigenvalue weighted by atomic mass is 9.82. The number of hydrogen-bond donors (Lipinski definition) is 2. The smallest absolute Gasteiger partial charge is 0.166 e. The van der Waals surface area contributed by atoms with Crippen LogP contribution in [0.15, 0.2) is 42.7 Å². The Morgan fingerprint density at radius 2 is 2.14 bits per heavy atom. The van der Waals surface area contributed by atoms with Gasteiger partial charge in [0, 0.05) is 42.2 Å². The highest BCUT2D eigenvalue weighted by atomic mass is 35.5. The quantitative estimate of drug-likeness (QED) is 0.701. The summed E-state index contributed by atoms with van der Waals surface area (Å²) in [4.78, 5) is 8.58. The van der Waals surface area contributed by atoms with E-state index in [1.54, 1.807) is 12.4 Å². The van der Waals surface area contributed by atoms with Crippen LogP contribution in [0.3, 0.4) is 0 Å². The number of anilines is 1. The Morgan fingerprint density at radius 3 is 2.93 bits per heavy atom. The predicted octanol–water partition coefficient (Wildman–Crippen LogP) is 2.56. The summed E-state index contributed by atoms with van der Waals surface area (Å²) in [6, 6.07) is 9.86. The molecule has 2 aliphatic rings. The Bertz CT molecular complexity index is 968. The molecule has 146 valence electrons. The Morgan fingerprint density at radius 1 is 1.21 bits per heavy atom. The van der Waals surface area contributed by atoms with E-state index in [-0.39, 0.29) is 17.8 Å². The first-order valence-corrected chi connectivity index (χ1v) is 9.31. The van der Waals surface area contributed by atoms with Gasteiger partial charge in [0.1, 0.15) is 6.61 Å². The fourth-order valence-corrected chi connectivity index (χ4v) is 4.12. The Hall–Kier alpha value is -2.64. The molecule has 28 heavy (non-hydrogen) atoms. The highest BCUT2D eigenvalue weighted by Gasteiger charge is 2.42. The molecule has 1 unspecified atom stereocenters. The minimum Gasteiger partial charge on any atom is -0.483 e. The molecular formula is C20H23ClN6O. The summed E-state index contributed by atoms with van der Waals surface area (Å²) in [5, 5.41) is 8.31. The number of aromatic nitrogens is 4. The molecule has 5 rings (SSSR count). The van der Waals surface area contributed by atoms with E-state index in [2.05, 4.69) is 26.0 Å². The topological polar surface area (TPSA) is 90.9 Å². The fraction of sp³-hybridized carbons (Fsp3) is 0.350. The highest BCUT2D eigenvalue weighted by molar-refractivity contribution is 5.85. The normalized spacial score (nSPS) is 20.1. The molecular weight excluding hydrogens is 376 g/mol. The van der Waals surface area contributed by atoms with Crippen molar-refractivity contribution in [1.29, 1.82) is 0 Å². The standard InChI is InChI=1S/C20H22N6O.ClH/c21-19-17(27-12-15-3-1-2-6-23-15)9-14(11-24-19)16-10-18-20(4-7-22-13-20)5-8-26(18)25-16;/h1-3,6,9-11,22H,4-5,7-8,12-13H2,(H2,21,24);1H. The third kappa shape index (κ3) is 3.21. The van der Waals surface area contributed by atoms with Gasteiger partial charge in [-0.15, -0.1) is 12.4 Å². The van der Waals surface area contributed by atoms with Crippen molar-refractivity contribution in [2.75, 3.05) is 18.8 Å². The summed E-state index contributed by atoms with van der Waals surface area (Å²) >= 11 is 0. The van der Waals surface area contributed by atoms with Crippen LogP contribution in [0, 0.1) is 0 Å². The number of aryl methyl sites for hydroxylation is 1. The molecule has 0 aliphatic carbocycles. The van der Waals surface area contributed by atoms with E-state index in [9.17, 15) is 0 Å². The van der Waals surface area contributed by atoms with Crippen LogP contribution >= 0.6 is 12.4 Å². The molecule has 2 aliphatic heterocycles. The second-order valence-corrected chi connectivity index (χ2v) is 7.31. The number of fused-ring (bicyclic) bond motifs is 2. The van der Waals surface area contributed by atoms with Gasteiger partial charge in [0.25, 0.3) is 0 Å². The van der Waals surface area contributed by atoms with Gasteiger partial charge < -0.3 is 15.8 Å². The monoisotopic (exact) mass is 398 g/mol. The lowest BCUT2D eigenvalue weighted by Gasteiger charge is -2.20. The molecule has 0 saturated carbocycles. The van der Waals surface area contributed by atoms with Crippen LogP contribution in [-0.2, 0) is 18.6 Å². The second kappa shape index (κ2) is 7.41. The zero-order valence-corrected chi connectivity index (χ0v) is 16.3.